The molecule has 3 heteroatoms. The lowest BCUT2D eigenvalue weighted by Crippen LogP contribution is -2.45. The Morgan fingerprint density at radius 3 is 2.37 bits per heavy atom. The van der Waals surface area contributed by atoms with E-state index in [1.54, 1.807) is 0 Å². The van der Waals surface area contributed by atoms with Gasteiger partial charge in [-0.15, -0.1) is 0 Å². The van der Waals surface area contributed by atoms with E-state index in [-0.39, 0.29) is 5.91 Å². The van der Waals surface area contributed by atoms with Gasteiger partial charge in [0.1, 0.15) is 0 Å². The lowest BCUT2D eigenvalue weighted by Gasteiger charge is -2.25. The molecule has 0 aromatic heterocycles. The topological polar surface area (TPSA) is 41.1 Å². The Morgan fingerprint density at radius 2 is 1.84 bits per heavy atom. The largest absolute Gasteiger partial charge is 0.354 e. The predicted molar refractivity (Wildman–Crippen MR) is 80.4 cm³/mol. The van der Waals surface area contributed by atoms with Crippen LogP contribution in [0.3, 0.4) is 0 Å². The molecule has 1 rings (SSSR count). The first kappa shape index (κ1) is 15.7. The fourth-order valence-corrected chi connectivity index (χ4v) is 1.99. The van der Waals surface area contributed by atoms with E-state index < -0.39 is 5.41 Å². The van der Waals surface area contributed by atoms with Crippen LogP contribution < -0.4 is 10.6 Å². The van der Waals surface area contributed by atoms with Crippen molar-refractivity contribution < 1.29 is 4.79 Å². The highest BCUT2D eigenvalue weighted by Crippen LogP contribution is 2.23. The Hall–Kier alpha value is -1.35. The van der Waals surface area contributed by atoms with Crippen LogP contribution in [-0.4, -0.2) is 25.0 Å². The van der Waals surface area contributed by atoms with Crippen LogP contribution in [0.25, 0.3) is 0 Å². The van der Waals surface area contributed by atoms with Gasteiger partial charge < -0.3 is 10.6 Å². The maximum Gasteiger partial charge on any atom is 0.230 e. The molecule has 1 aromatic carbocycles. The van der Waals surface area contributed by atoms with Gasteiger partial charge in [0.2, 0.25) is 5.91 Å². The first-order chi connectivity index (χ1) is 8.87. The molecule has 3 nitrogen and oxygen atoms in total. The van der Waals surface area contributed by atoms with Gasteiger partial charge in [0.15, 0.2) is 0 Å². The number of carbonyl (C=O) groups is 1. The zero-order valence-electron chi connectivity index (χ0n) is 12.7. The molecule has 0 saturated carbocycles. The normalized spacial score (nSPS) is 13.1. The van der Waals surface area contributed by atoms with Crippen LogP contribution in [0.5, 0.6) is 0 Å². The van der Waals surface area contributed by atoms with Crippen molar-refractivity contribution in [3.05, 3.63) is 35.4 Å². The van der Waals surface area contributed by atoms with Crippen molar-refractivity contribution in [2.24, 2.45) is 0 Å². The van der Waals surface area contributed by atoms with E-state index in [0.717, 1.165) is 12.1 Å². The van der Waals surface area contributed by atoms with E-state index in [1.165, 1.54) is 5.56 Å². The molecule has 0 aliphatic carbocycles. The van der Waals surface area contributed by atoms with Gasteiger partial charge >= 0.3 is 0 Å². The van der Waals surface area contributed by atoms with Crippen LogP contribution in [0.1, 0.15) is 38.8 Å². The third kappa shape index (κ3) is 4.35. The van der Waals surface area contributed by atoms with Crippen LogP contribution in [0.2, 0.25) is 0 Å². The summed E-state index contributed by atoms with van der Waals surface area (Å²) in [7, 11) is 0. The smallest absolute Gasteiger partial charge is 0.230 e. The van der Waals surface area contributed by atoms with Gasteiger partial charge in [-0.25, -0.2) is 0 Å². The number of hydrogen-bond acceptors (Lipinski definition) is 2. The maximum atomic E-state index is 12.3. The second kappa shape index (κ2) is 6.71. The molecule has 0 unspecified atom stereocenters. The molecule has 0 heterocycles. The van der Waals surface area contributed by atoms with Crippen molar-refractivity contribution in [3.8, 4) is 0 Å². The number of aryl methyl sites for hydroxylation is 1. The molecule has 1 aromatic rings. The summed E-state index contributed by atoms with van der Waals surface area (Å²) in [6.45, 7) is 11.7. The van der Waals surface area contributed by atoms with E-state index >= 15 is 0 Å². The molecule has 1 atom stereocenters. The third-order valence-electron chi connectivity index (χ3n) is 3.46. The minimum Gasteiger partial charge on any atom is -0.354 e. The van der Waals surface area contributed by atoms with Gasteiger partial charge in [-0.2, -0.15) is 0 Å². The van der Waals surface area contributed by atoms with Crippen LogP contribution in [0.15, 0.2) is 24.3 Å². The number of benzene rings is 1. The van der Waals surface area contributed by atoms with Crippen molar-refractivity contribution >= 4 is 5.91 Å². The summed E-state index contributed by atoms with van der Waals surface area (Å²) in [5.74, 6) is 0.0705. The van der Waals surface area contributed by atoms with Crippen LogP contribution in [-0.2, 0) is 10.2 Å². The van der Waals surface area contributed by atoms with Crippen molar-refractivity contribution in [3.63, 3.8) is 0 Å². The minimum absolute atomic E-state index is 0.0705. The van der Waals surface area contributed by atoms with Crippen LogP contribution in [0, 0.1) is 6.92 Å². The van der Waals surface area contributed by atoms with Crippen molar-refractivity contribution in [1.82, 2.24) is 10.6 Å². The quantitative estimate of drug-likeness (QED) is 0.826. The summed E-state index contributed by atoms with van der Waals surface area (Å²) >= 11 is 0. The molecule has 0 aliphatic rings. The maximum absolute atomic E-state index is 12.3. The van der Waals surface area contributed by atoms with Gasteiger partial charge in [0, 0.05) is 12.6 Å². The molecular formula is C16H26N2O. The Bertz CT molecular complexity index is 409. The van der Waals surface area contributed by atoms with E-state index in [2.05, 4.69) is 31.4 Å². The van der Waals surface area contributed by atoms with Gasteiger partial charge in [-0.05, 0) is 39.8 Å². The zero-order chi connectivity index (χ0) is 14.5. The summed E-state index contributed by atoms with van der Waals surface area (Å²) in [5, 5.41) is 6.30. The molecule has 0 fully saturated rings. The molecule has 0 bridgehead atoms. The summed E-state index contributed by atoms with van der Waals surface area (Å²) < 4.78 is 0. The van der Waals surface area contributed by atoms with Crippen LogP contribution >= 0.6 is 0 Å². The molecule has 2 N–H and O–H groups in total. The molecule has 19 heavy (non-hydrogen) atoms. The Morgan fingerprint density at radius 1 is 1.26 bits per heavy atom. The first-order valence-electron chi connectivity index (χ1n) is 6.96. The lowest BCUT2D eigenvalue weighted by molar-refractivity contribution is -0.125. The predicted octanol–water partition coefficient (Wildman–Crippen LogP) is 2.39. The van der Waals surface area contributed by atoms with Gasteiger partial charge in [-0.1, -0.05) is 36.8 Å². The van der Waals surface area contributed by atoms with Gasteiger partial charge in [0.05, 0.1) is 5.41 Å². The minimum atomic E-state index is -0.500. The van der Waals surface area contributed by atoms with E-state index in [1.807, 2.05) is 38.1 Å². The Labute approximate surface area is 116 Å². The summed E-state index contributed by atoms with van der Waals surface area (Å²) in [5.41, 5.74) is 1.76. The highest BCUT2D eigenvalue weighted by molar-refractivity contribution is 5.87. The standard InChI is InChI=1S/C16H26N2O/c1-6-17-13(3)11-18-15(19)16(4,5)14-9-7-12(2)8-10-14/h7-10,13,17H,6,11H2,1-5H3,(H,18,19)/t13-/m1/s1. The van der Waals surface area contributed by atoms with Gasteiger partial charge in [-0.3, -0.25) is 4.79 Å². The number of rotatable bonds is 6. The van der Waals surface area contributed by atoms with Crippen molar-refractivity contribution in [2.75, 3.05) is 13.1 Å². The molecule has 1 amide bonds. The Kier molecular flexibility index (Phi) is 5.55. The average Bonchev–Trinajstić information content (AvgIpc) is 2.36. The summed E-state index contributed by atoms with van der Waals surface area (Å²) in [4.78, 5) is 12.3. The SMILES string of the molecule is CCN[C@H](C)CNC(=O)C(C)(C)c1ccc(C)cc1. The van der Waals surface area contributed by atoms with Crippen LogP contribution in [0.4, 0.5) is 0 Å². The fourth-order valence-electron chi connectivity index (χ4n) is 1.99. The monoisotopic (exact) mass is 262 g/mol. The number of amides is 1. The Balaban J connectivity index is 2.66. The summed E-state index contributed by atoms with van der Waals surface area (Å²) in [6, 6.07) is 8.45. The molecule has 0 spiro atoms. The van der Waals surface area contributed by atoms with E-state index in [4.69, 9.17) is 0 Å². The number of carbonyl (C=O) groups excluding carboxylic acids is 1. The van der Waals surface area contributed by atoms with E-state index in [0.29, 0.717) is 12.6 Å². The summed E-state index contributed by atoms with van der Waals surface area (Å²) in [6.07, 6.45) is 0. The van der Waals surface area contributed by atoms with E-state index in [9.17, 15) is 4.79 Å². The molecular weight excluding hydrogens is 236 g/mol. The third-order valence-corrected chi connectivity index (χ3v) is 3.46. The number of likely N-dealkylation sites (N-methyl/N-ethyl adjacent to an activating group) is 1. The second-order valence-electron chi connectivity index (χ2n) is 5.66. The molecule has 0 radical (unpaired) electrons. The van der Waals surface area contributed by atoms with Crippen molar-refractivity contribution in [1.29, 1.82) is 0 Å². The molecule has 106 valence electrons. The lowest BCUT2D eigenvalue weighted by atomic mass is 9.83. The molecule has 0 aliphatic heterocycles. The van der Waals surface area contributed by atoms with Crippen molar-refractivity contribution in [2.45, 2.75) is 46.1 Å². The zero-order valence-corrected chi connectivity index (χ0v) is 12.7. The van der Waals surface area contributed by atoms with Gasteiger partial charge in [0.25, 0.3) is 0 Å². The number of nitrogens with one attached hydrogen (secondary N) is 2. The first-order valence-corrected chi connectivity index (χ1v) is 6.96. The number of hydrogen-bond donors (Lipinski definition) is 2. The second-order valence-corrected chi connectivity index (χ2v) is 5.66. The highest BCUT2D eigenvalue weighted by Gasteiger charge is 2.29. The molecule has 0 saturated heterocycles. The average molecular weight is 262 g/mol. The fraction of sp³-hybridized carbons (Fsp3) is 0.562. The highest BCUT2D eigenvalue weighted by atomic mass is 16.2.